The molecule has 2 aliphatic rings. The zero-order valence-corrected chi connectivity index (χ0v) is 14.4. The van der Waals surface area contributed by atoms with Gasteiger partial charge in [-0.1, -0.05) is 12.1 Å². The summed E-state index contributed by atoms with van der Waals surface area (Å²) in [5.41, 5.74) is 6.79. The highest BCUT2D eigenvalue weighted by Crippen LogP contribution is 2.43. The maximum absolute atomic E-state index is 12.1. The Hall–Kier alpha value is -2.18. The molecular formula is C19H24N4O2. The second-order valence-corrected chi connectivity index (χ2v) is 7.09. The van der Waals surface area contributed by atoms with Gasteiger partial charge in [-0.2, -0.15) is 5.10 Å². The van der Waals surface area contributed by atoms with Gasteiger partial charge in [0.1, 0.15) is 5.56 Å². The Morgan fingerprint density at radius 1 is 1.28 bits per heavy atom. The average Bonchev–Trinajstić information content (AvgIpc) is 3.21. The fourth-order valence-corrected chi connectivity index (χ4v) is 3.93. The molecule has 4 rings (SSSR count). The number of methoxy groups -OCH3 is 1. The lowest BCUT2D eigenvalue weighted by Crippen LogP contribution is -2.32. The summed E-state index contributed by atoms with van der Waals surface area (Å²) in [7, 11) is 1.42. The molecule has 132 valence electrons. The minimum absolute atomic E-state index is 0.308. The molecule has 1 aromatic heterocycles. The first-order valence-corrected chi connectivity index (χ1v) is 8.94. The van der Waals surface area contributed by atoms with Crippen LogP contribution in [-0.4, -0.2) is 28.9 Å². The van der Waals surface area contributed by atoms with E-state index in [1.54, 1.807) is 6.20 Å². The summed E-state index contributed by atoms with van der Waals surface area (Å²) in [4.78, 5) is 12.1. The van der Waals surface area contributed by atoms with Crippen molar-refractivity contribution >= 4 is 5.97 Å². The Labute approximate surface area is 147 Å². The molecule has 6 nitrogen and oxygen atoms in total. The molecule has 25 heavy (non-hydrogen) atoms. The van der Waals surface area contributed by atoms with Crippen LogP contribution in [0.4, 0.5) is 0 Å². The molecule has 0 saturated heterocycles. The van der Waals surface area contributed by atoms with Crippen molar-refractivity contribution in [2.45, 2.75) is 50.0 Å². The highest BCUT2D eigenvalue weighted by molar-refractivity contribution is 5.90. The Bertz CT molecular complexity index is 781. The molecule has 2 saturated carbocycles. The fraction of sp³-hybridized carbons (Fsp3) is 0.474. The quantitative estimate of drug-likeness (QED) is 0.497. The summed E-state index contributed by atoms with van der Waals surface area (Å²) in [6.07, 6.45) is 7.13. The number of hydrazine groups is 1. The van der Waals surface area contributed by atoms with Gasteiger partial charge < -0.3 is 4.74 Å². The van der Waals surface area contributed by atoms with Crippen molar-refractivity contribution < 1.29 is 9.53 Å². The molecule has 2 unspecified atom stereocenters. The SMILES string of the molecule is COC(=O)c1cnn(-c2cccc(C3CCC(NN)C3)c2)c1C1CC1. The van der Waals surface area contributed by atoms with Gasteiger partial charge >= 0.3 is 5.97 Å². The van der Waals surface area contributed by atoms with Crippen LogP contribution in [0.5, 0.6) is 0 Å². The lowest BCUT2D eigenvalue weighted by Gasteiger charge is -2.14. The van der Waals surface area contributed by atoms with Crippen molar-refractivity contribution in [3.05, 3.63) is 47.3 Å². The number of carbonyl (C=O) groups is 1. The van der Waals surface area contributed by atoms with Gasteiger partial charge in [0.15, 0.2) is 0 Å². The number of hydrogen-bond donors (Lipinski definition) is 2. The van der Waals surface area contributed by atoms with E-state index in [-0.39, 0.29) is 5.97 Å². The first-order chi connectivity index (χ1) is 12.2. The molecule has 2 aliphatic carbocycles. The third-order valence-electron chi connectivity index (χ3n) is 5.43. The van der Waals surface area contributed by atoms with Crippen LogP contribution in [0.2, 0.25) is 0 Å². The lowest BCUT2D eigenvalue weighted by molar-refractivity contribution is 0.0599. The standard InChI is InChI=1S/C19H24N4O2/c1-25-19(24)17-11-21-23(18(17)12-5-6-12)16-4-2-3-13(10-16)14-7-8-15(9-14)22-20/h2-4,10-12,14-15,22H,5-9,20H2,1H3. The van der Waals surface area contributed by atoms with E-state index in [1.165, 1.54) is 12.7 Å². The van der Waals surface area contributed by atoms with Crippen molar-refractivity contribution in [2.75, 3.05) is 7.11 Å². The van der Waals surface area contributed by atoms with Crippen LogP contribution in [0.1, 0.15) is 65.6 Å². The molecule has 2 atom stereocenters. The van der Waals surface area contributed by atoms with Crippen LogP contribution in [-0.2, 0) is 4.74 Å². The molecule has 1 heterocycles. The van der Waals surface area contributed by atoms with Crippen molar-refractivity contribution in [1.82, 2.24) is 15.2 Å². The smallest absolute Gasteiger partial charge is 0.341 e. The second kappa shape index (κ2) is 6.61. The summed E-state index contributed by atoms with van der Waals surface area (Å²) >= 11 is 0. The van der Waals surface area contributed by atoms with Gasteiger partial charge in [0.05, 0.1) is 24.7 Å². The third-order valence-corrected chi connectivity index (χ3v) is 5.43. The number of benzene rings is 1. The fourth-order valence-electron chi connectivity index (χ4n) is 3.93. The third kappa shape index (κ3) is 3.07. The highest BCUT2D eigenvalue weighted by atomic mass is 16.5. The molecule has 0 radical (unpaired) electrons. The maximum Gasteiger partial charge on any atom is 0.341 e. The Morgan fingerprint density at radius 3 is 2.76 bits per heavy atom. The Balaban J connectivity index is 1.68. The molecule has 0 spiro atoms. The minimum Gasteiger partial charge on any atom is -0.465 e. The molecule has 2 fully saturated rings. The molecule has 3 N–H and O–H groups in total. The van der Waals surface area contributed by atoms with Crippen molar-refractivity contribution in [3.63, 3.8) is 0 Å². The zero-order chi connectivity index (χ0) is 17.4. The normalized spacial score (nSPS) is 23.0. The molecule has 1 aromatic carbocycles. The Kier molecular flexibility index (Phi) is 4.31. The minimum atomic E-state index is -0.308. The van der Waals surface area contributed by atoms with E-state index in [0.29, 0.717) is 23.4 Å². The largest absolute Gasteiger partial charge is 0.465 e. The van der Waals surface area contributed by atoms with Crippen LogP contribution in [0.3, 0.4) is 0 Å². The number of aromatic nitrogens is 2. The van der Waals surface area contributed by atoms with Crippen LogP contribution in [0.15, 0.2) is 30.5 Å². The number of nitrogens with two attached hydrogens (primary N) is 1. The van der Waals surface area contributed by atoms with E-state index in [9.17, 15) is 4.79 Å². The number of nitrogens with zero attached hydrogens (tertiary/aromatic N) is 2. The number of esters is 1. The van der Waals surface area contributed by atoms with Gasteiger partial charge in [0.2, 0.25) is 0 Å². The highest BCUT2D eigenvalue weighted by Gasteiger charge is 2.33. The summed E-state index contributed by atoms with van der Waals surface area (Å²) in [5, 5.41) is 4.50. The number of rotatable bonds is 5. The molecule has 2 aromatic rings. The number of nitrogens with one attached hydrogen (secondary N) is 1. The second-order valence-electron chi connectivity index (χ2n) is 7.09. The lowest BCUT2D eigenvalue weighted by atomic mass is 9.97. The van der Waals surface area contributed by atoms with Crippen molar-refractivity contribution in [1.29, 1.82) is 0 Å². The summed E-state index contributed by atoms with van der Waals surface area (Å²) in [5.74, 6) is 6.20. The molecule has 0 bridgehead atoms. The molecule has 0 amide bonds. The predicted molar refractivity (Wildman–Crippen MR) is 94.6 cm³/mol. The zero-order valence-electron chi connectivity index (χ0n) is 14.4. The van der Waals surface area contributed by atoms with Gasteiger partial charge in [-0.25, -0.2) is 9.48 Å². The van der Waals surface area contributed by atoms with Gasteiger partial charge in [-0.05, 0) is 55.7 Å². The van der Waals surface area contributed by atoms with E-state index in [4.69, 9.17) is 10.6 Å². The molecular weight excluding hydrogens is 316 g/mol. The summed E-state index contributed by atoms with van der Waals surface area (Å²) in [6.45, 7) is 0. The first kappa shape index (κ1) is 16.3. The van der Waals surface area contributed by atoms with Gasteiger partial charge in [0, 0.05) is 12.0 Å². The number of hydrogen-bond acceptors (Lipinski definition) is 5. The van der Waals surface area contributed by atoms with Crippen molar-refractivity contribution in [2.24, 2.45) is 5.84 Å². The average molecular weight is 340 g/mol. The summed E-state index contributed by atoms with van der Waals surface area (Å²) in [6, 6.07) is 8.89. The predicted octanol–water partition coefficient (Wildman–Crippen LogP) is 2.64. The van der Waals surface area contributed by atoms with Crippen LogP contribution in [0.25, 0.3) is 5.69 Å². The molecule has 6 heteroatoms. The monoisotopic (exact) mass is 340 g/mol. The summed E-state index contributed by atoms with van der Waals surface area (Å²) < 4.78 is 6.84. The van der Waals surface area contributed by atoms with E-state index in [2.05, 4.69) is 34.8 Å². The topological polar surface area (TPSA) is 82.2 Å². The number of carbonyl (C=O) groups excluding carboxylic acids is 1. The Morgan fingerprint density at radius 2 is 2.08 bits per heavy atom. The van der Waals surface area contributed by atoms with E-state index in [0.717, 1.165) is 43.5 Å². The maximum atomic E-state index is 12.1. The van der Waals surface area contributed by atoms with Gasteiger partial charge in [-0.3, -0.25) is 11.3 Å². The van der Waals surface area contributed by atoms with E-state index >= 15 is 0 Å². The van der Waals surface area contributed by atoms with Crippen LogP contribution in [0, 0.1) is 0 Å². The van der Waals surface area contributed by atoms with E-state index in [1.807, 2.05) is 4.68 Å². The first-order valence-electron chi connectivity index (χ1n) is 8.94. The van der Waals surface area contributed by atoms with E-state index < -0.39 is 0 Å². The number of ether oxygens (including phenoxy) is 1. The molecule has 0 aliphatic heterocycles. The van der Waals surface area contributed by atoms with Gasteiger partial charge in [0.25, 0.3) is 0 Å². The van der Waals surface area contributed by atoms with Crippen molar-refractivity contribution in [3.8, 4) is 5.69 Å². The van der Waals surface area contributed by atoms with Gasteiger partial charge in [-0.15, -0.1) is 0 Å². The van der Waals surface area contributed by atoms with Crippen LogP contribution < -0.4 is 11.3 Å². The van der Waals surface area contributed by atoms with Crippen LogP contribution >= 0.6 is 0 Å².